The molecule has 0 aromatic heterocycles. The second-order valence-electron chi connectivity index (χ2n) is 3.98. The lowest BCUT2D eigenvalue weighted by atomic mass is 10.0. The Balaban J connectivity index is 2.69. The number of unbranched alkanes of at least 4 members (excludes halogenated alkanes) is 3. The first-order valence-electron chi connectivity index (χ1n) is 5.74. The molecule has 0 atom stereocenters. The predicted octanol–water partition coefficient (Wildman–Crippen LogP) is 5.80. The number of hydrogen-bond acceptors (Lipinski definition) is 1. The second kappa shape index (κ2) is 7.25. The van der Waals surface area contributed by atoms with E-state index in [0.717, 1.165) is 25.7 Å². The van der Waals surface area contributed by atoms with Crippen molar-refractivity contribution in [2.45, 2.75) is 39.0 Å². The van der Waals surface area contributed by atoms with Crippen molar-refractivity contribution < 1.29 is 4.79 Å². The summed E-state index contributed by atoms with van der Waals surface area (Å²) in [6.07, 6.45) is 4.72. The molecule has 94 valence electrons. The summed E-state index contributed by atoms with van der Waals surface area (Å²) in [5, 5.41) is 1.12. The molecule has 1 rings (SSSR count). The molecule has 0 aliphatic heterocycles. The molecular weight excluding hydrogens is 279 g/mol. The van der Waals surface area contributed by atoms with Crippen LogP contribution in [0.25, 0.3) is 0 Å². The van der Waals surface area contributed by atoms with Crippen molar-refractivity contribution >= 4 is 40.6 Å². The third kappa shape index (κ3) is 4.50. The molecule has 0 unspecified atom stereocenters. The molecule has 0 aliphatic rings. The maximum absolute atomic E-state index is 11.9. The number of benzene rings is 1. The van der Waals surface area contributed by atoms with Crippen LogP contribution in [0.4, 0.5) is 0 Å². The number of carbonyl (C=O) groups excluding carboxylic acids is 1. The molecule has 0 bridgehead atoms. The fourth-order valence-electron chi connectivity index (χ4n) is 1.65. The summed E-state index contributed by atoms with van der Waals surface area (Å²) in [5.74, 6) is -0.00669. The maximum Gasteiger partial charge on any atom is 0.165 e. The van der Waals surface area contributed by atoms with Gasteiger partial charge in [0.2, 0.25) is 0 Å². The summed E-state index contributed by atoms with van der Waals surface area (Å²) in [6, 6.07) is 3.10. The summed E-state index contributed by atoms with van der Waals surface area (Å²) < 4.78 is 0. The monoisotopic (exact) mass is 292 g/mol. The van der Waals surface area contributed by atoms with Crippen LogP contribution in [0.5, 0.6) is 0 Å². The van der Waals surface area contributed by atoms with E-state index < -0.39 is 0 Å². The molecule has 0 spiro atoms. The highest BCUT2D eigenvalue weighted by atomic mass is 35.5. The molecule has 1 aromatic carbocycles. The van der Waals surface area contributed by atoms with Crippen LogP contribution in [-0.4, -0.2) is 5.78 Å². The Bertz CT molecular complexity index is 379. The van der Waals surface area contributed by atoms with Gasteiger partial charge in [-0.15, -0.1) is 0 Å². The van der Waals surface area contributed by atoms with Gasteiger partial charge in [0.05, 0.1) is 15.6 Å². The maximum atomic E-state index is 11.9. The minimum absolute atomic E-state index is 0.00669. The Morgan fingerprint density at radius 2 is 1.65 bits per heavy atom. The molecule has 0 saturated heterocycles. The Kier molecular flexibility index (Phi) is 6.32. The van der Waals surface area contributed by atoms with Gasteiger partial charge in [0.15, 0.2) is 5.78 Å². The van der Waals surface area contributed by atoms with Crippen molar-refractivity contribution in [3.05, 3.63) is 32.8 Å². The highest BCUT2D eigenvalue weighted by Gasteiger charge is 2.15. The molecule has 0 aliphatic carbocycles. The van der Waals surface area contributed by atoms with Crippen LogP contribution in [0.3, 0.4) is 0 Å². The zero-order valence-corrected chi connectivity index (χ0v) is 12.0. The summed E-state index contributed by atoms with van der Waals surface area (Å²) in [7, 11) is 0. The lowest BCUT2D eigenvalue weighted by Gasteiger charge is -2.06. The van der Waals surface area contributed by atoms with Crippen molar-refractivity contribution in [2.24, 2.45) is 0 Å². The standard InChI is InChI=1S/C13H15Cl3O/c1-2-3-4-5-6-12(17)13-10(15)7-9(14)8-11(13)16/h7-8H,2-6H2,1H3. The molecular formula is C13H15Cl3O. The first kappa shape index (κ1) is 14.8. The summed E-state index contributed by atoms with van der Waals surface area (Å²) in [4.78, 5) is 11.9. The van der Waals surface area contributed by atoms with Crippen LogP contribution in [0.15, 0.2) is 12.1 Å². The SMILES string of the molecule is CCCCCCC(=O)c1c(Cl)cc(Cl)cc1Cl. The van der Waals surface area contributed by atoms with Crippen molar-refractivity contribution in [1.82, 2.24) is 0 Å². The van der Waals surface area contributed by atoms with E-state index >= 15 is 0 Å². The van der Waals surface area contributed by atoms with Gasteiger partial charge in [0.25, 0.3) is 0 Å². The second-order valence-corrected chi connectivity index (χ2v) is 5.23. The van der Waals surface area contributed by atoms with Gasteiger partial charge < -0.3 is 0 Å². The fourth-order valence-corrected chi connectivity index (χ4v) is 2.67. The van der Waals surface area contributed by atoms with Gasteiger partial charge in [-0.25, -0.2) is 0 Å². The summed E-state index contributed by atoms with van der Waals surface area (Å²) >= 11 is 17.8. The highest BCUT2D eigenvalue weighted by Crippen LogP contribution is 2.30. The molecule has 4 heteroatoms. The Labute approximate surface area is 117 Å². The number of carbonyl (C=O) groups is 1. The molecule has 0 N–H and O–H groups in total. The molecule has 1 aromatic rings. The smallest absolute Gasteiger partial charge is 0.165 e. The molecule has 0 fully saturated rings. The van der Waals surface area contributed by atoms with Gasteiger partial charge in [-0.3, -0.25) is 4.79 Å². The molecule has 0 saturated carbocycles. The van der Waals surface area contributed by atoms with Gasteiger partial charge in [-0.05, 0) is 18.6 Å². The van der Waals surface area contributed by atoms with E-state index in [-0.39, 0.29) is 5.78 Å². The van der Waals surface area contributed by atoms with Crippen molar-refractivity contribution in [2.75, 3.05) is 0 Å². The third-order valence-corrected chi connectivity index (χ3v) is 3.36. The van der Waals surface area contributed by atoms with Gasteiger partial charge in [0.1, 0.15) is 0 Å². The topological polar surface area (TPSA) is 17.1 Å². The number of rotatable bonds is 6. The van der Waals surface area contributed by atoms with Gasteiger partial charge in [0, 0.05) is 11.4 Å². The summed E-state index contributed by atoms with van der Waals surface area (Å²) in [6.45, 7) is 2.13. The average Bonchev–Trinajstić information content (AvgIpc) is 2.23. The van der Waals surface area contributed by atoms with Crippen LogP contribution in [0.1, 0.15) is 49.4 Å². The average molecular weight is 294 g/mol. The first-order chi connectivity index (χ1) is 8.06. The third-order valence-electron chi connectivity index (χ3n) is 2.54. The van der Waals surface area contributed by atoms with E-state index in [1.54, 1.807) is 12.1 Å². The Morgan fingerprint density at radius 3 is 2.18 bits per heavy atom. The van der Waals surface area contributed by atoms with E-state index in [1.807, 2.05) is 0 Å². The van der Waals surface area contributed by atoms with Gasteiger partial charge >= 0.3 is 0 Å². The zero-order chi connectivity index (χ0) is 12.8. The Morgan fingerprint density at radius 1 is 1.06 bits per heavy atom. The van der Waals surface area contributed by atoms with Crippen LogP contribution in [-0.2, 0) is 0 Å². The minimum Gasteiger partial charge on any atom is -0.294 e. The van der Waals surface area contributed by atoms with Crippen molar-refractivity contribution in [1.29, 1.82) is 0 Å². The number of hydrogen-bond donors (Lipinski definition) is 0. The number of halogens is 3. The molecule has 1 nitrogen and oxygen atoms in total. The molecule has 0 amide bonds. The summed E-state index contributed by atoms with van der Waals surface area (Å²) in [5.41, 5.74) is 0.397. The van der Waals surface area contributed by atoms with Crippen LogP contribution in [0.2, 0.25) is 15.1 Å². The highest BCUT2D eigenvalue weighted by molar-refractivity contribution is 6.42. The lowest BCUT2D eigenvalue weighted by molar-refractivity contribution is 0.0979. The van der Waals surface area contributed by atoms with Crippen molar-refractivity contribution in [3.8, 4) is 0 Å². The van der Waals surface area contributed by atoms with Crippen LogP contribution < -0.4 is 0 Å². The zero-order valence-electron chi connectivity index (χ0n) is 9.73. The molecule has 17 heavy (non-hydrogen) atoms. The normalized spacial score (nSPS) is 10.6. The Hall–Kier alpha value is -0.240. The predicted molar refractivity (Wildman–Crippen MR) is 74.6 cm³/mol. The lowest BCUT2D eigenvalue weighted by Crippen LogP contribution is -2.01. The number of Topliss-reactive ketones (excluding diaryl/α,β-unsaturated/α-hetero) is 1. The minimum atomic E-state index is -0.00669. The molecule has 0 heterocycles. The van der Waals surface area contributed by atoms with Crippen molar-refractivity contribution in [3.63, 3.8) is 0 Å². The van der Waals surface area contributed by atoms with E-state index in [0.29, 0.717) is 27.1 Å². The first-order valence-corrected chi connectivity index (χ1v) is 6.87. The van der Waals surface area contributed by atoms with Crippen LogP contribution >= 0.6 is 34.8 Å². The number of ketones is 1. The largest absolute Gasteiger partial charge is 0.294 e. The van der Waals surface area contributed by atoms with E-state index in [4.69, 9.17) is 34.8 Å². The van der Waals surface area contributed by atoms with Crippen LogP contribution in [0, 0.1) is 0 Å². The fraction of sp³-hybridized carbons (Fsp3) is 0.462. The van der Waals surface area contributed by atoms with E-state index in [1.165, 1.54) is 0 Å². The molecule has 0 radical (unpaired) electrons. The van der Waals surface area contributed by atoms with E-state index in [9.17, 15) is 4.79 Å². The van der Waals surface area contributed by atoms with Gasteiger partial charge in [-0.2, -0.15) is 0 Å². The van der Waals surface area contributed by atoms with E-state index in [2.05, 4.69) is 6.92 Å². The quantitative estimate of drug-likeness (QED) is 0.478. The van der Waals surface area contributed by atoms with Gasteiger partial charge in [-0.1, -0.05) is 61.0 Å².